The summed E-state index contributed by atoms with van der Waals surface area (Å²) in [6.45, 7) is 4.03. The summed E-state index contributed by atoms with van der Waals surface area (Å²) in [5, 5.41) is 17.9. The Morgan fingerprint density at radius 2 is 1.90 bits per heavy atom. The van der Waals surface area contributed by atoms with E-state index in [-0.39, 0.29) is 11.7 Å². The molecule has 2 aromatic carbocycles. The van der Waals surface area contributed by atoms with E-state index in [0.29, 0.717) is 54.4 Å². The zero-order valence-corrected chi connectivity index (χ0v) is 16.4. The van der Waals surface area contributed by atoms with Crippen LogP contribution in [-0.2, 0) is 4.74 Å². The molecule has 0 atom stereocenters. The number of aromatic hydroxyl groups is 1. The van der Waals surface area contributed by atoms with Crippen molar-refractivity contribution in [1.29, 1.82) is 0 Å². The van der Waals surface area contributed by atoms with Gasteiger partial charge in [0, 0.05) is 35.3 Å². The number of phenols is 1. The first-order chi connectivity index (χ1) is 14.1. The Kier molecular flexibility index (Phi) is 5.22. The fourth-order valence-electron chi connectivity index (χ4n) is 3.64. The minimum atomic E-state index is -0.0359. The minimum absolute atomic E-state index is 0.0359. The highest BCUT2D eigenvalue weighted by atomic mass is 16.5. The van der Waals surface area contributed by atoms with E-state index in [2.05, 4.69) is 10.2 Å². The molecule has 0 bridgehead atoms. The molecule has 1 saturated heterocycles. The van der Waals surface area contributed by atoms with Crippen LogP contribution in [0.25, 0.3) is 22.4 Å². The van der Waals surface area contributed by atoms with Crippen LogP contribution in [0.4, 0.5) is 0 Å². The van der Waals surface area contributed by atoms with Gasteiger partial charge in [-0.05, 0) is 30.7 Å². The molecule has 1 aliphatic heterocycles. The van der Waals surface area contributed by atoms with Gasteiger partial charge < -0.3 is 19.5 Å². The van der Waals surface area contributed by atoms with Crippen LogP contribution >= 0.6 is 0 Å². The first kappa shape index (κ1) is 19.0. The van der Waals surface area contributed by atoms with Crippen LogP contribution in [-0.4, -0.2) is 59.5 Å². The Morgan fingerprint density at radius 3 is 2.66 bits per heavy atom. The predicted octanol–water partition coefficient (Wildman–Crippen LogP) is 3.24. The molecule has 0 spiro atoms. The van der Waals surface area contributed by atoms with Crippen LogP contribution in [0.5, 0.6) is 11.5 Å². The Morgan fingerprint density at radius 1 is 1.14 bits per heavy atom. The molecule has 2 heterocycles. The predicted molar refractivity (Wildman–Crippen MR) is 109 cm³/mol. The molecule has 150 valence electrons. The van der Waals surface area contributed by atoms with Crippen molar-refractivity contribution in [3.8, 4) is 33.9 Å². The van der Waals surface area contributed by atoms with Crippen molar-refractivity contribution in [2.24, 2.45) is 0 Å². The number of phenolic OH excluding ortho intramolecular Hbond substituents is 1. The third-order valence-electron chi connectivity index (χ3n) is 5.26. The van der Waals surface area contributed by atoms with Crippen LogP contribution < -0.4 is 4.74 Å². The Hall–Kier alpha value is -3.32. The fraction of sp³-hybridized carbons (Fsp3) is 0.273. The second kappa shape index (κ2) is 7.97. The van der Waals surface area contributed by atoms with Crippen LogP contribution in [0.2, 0.25) is 0 Å². The molecule has 3 aromatic rings. The van der Waals surface area contributed by atoms with E-state index in [1.165, 1.54) is 0 Å². The number of carbonyl (C=O) groups is 1. The van der Waals surface area contributed by atoms with Gasteiger partial charge in [0.15, 0.2) is 0 Å². The van der Waals surface area contributed by atoms with Crippen molar-refractivity contribution < 1.29 is 19.4 Å². The van der Waals surface area contributed by atoms with Crippen LogP contribution in [0.15, 0.2) is 42.6 Å². The maximum Gasteiger partial charge on any atom is 0.254 e. The van der Waals surface area contributed by atoms with Gasteiger partial charge in [0.25, 0.3) is 5.91 Å². The van der Waals surface area contributed by atoms with E-state index >= 15 is 0 Å². The van der Waals surface area contributed by atoms with Gasteiger partial charge in [-0.2, -0.15) is 5.10 Å². The van der Waals surface area contributed by atoms with E-state index in [4.69, 9.17) is 9.47 Å². The third-order valence-corrected chi connectivity index (χ3v) is 5.26. The molecule has 1 fully saturated rings. The number of H-pyrrole nitrogens is 1. The zero-order valence-electron chi connectivity index (χ0n) is 16.4. The topological polar surface area (TPSA) is 87.7 Å². The second-order valence-corrected chi connectivity index (χ2v) is 6.90. The number of carbonyl (C=O) groups excluding carboxylic acids is 1. The van der Waals surface area contributed by atoms with E-state index in [1.807, 2.05) is 24.3 Å². The van der Waals surface area contributed by atoms with Gasteiger partial charge >= 0.3 is 0 Å². The lowest BCUT2D eigenvalue weighted by molar-refractivity contribution is 0.0303. The number of morpholine rings is 1. The molecule has 7 heteroatoms. The number of nitrogens with one attached hydrogen (secondary N) is 1. The Bertz CT molecular complexity index is 1040. The zero-order chi connectivity index (χ0) is 20.4. The average molecular weight is 393 g/mol. The third kappa shape index (κ3) is 3.45. The molecule has 1 aromatic heterocycles. The van der Waals surface area contributed by atoms with Crippen LogP contribution in [0.1, 0.15) is 15.9 Å². The number of methoxy groups -OCH3 is 1. The number of amides is 1. The first-order valence-electron chi connectivity index (χ1n) is 9.48. The van der Waals surface area contributed by atoms with Crippen molar-refractivity contribution >= 4 is 5.91 Å². The largest absolute Gasteiger partial charge is 0.507 e. The monoisotopic (exact) mass is 393 g/mol. The van der Waals surface area contributed by atoms with Crippen molar-refractivity contribution in [3.05, 3.63) is 53.7 Å². The van der Waals surface area contributed by atoms with E-state index in [9.17, 15) is 9.90 Å². The SMILES string of the molecule is COc1ccc(-c2[nH]ncc2-c2ccccc2C(=O)N2CCOCC2)c(O)c1C. The van der Waals surface area contributed by atoms with Crippen molar-refractivity contribution in [1.82, 2.24) is 15.1 Å². The maximum absolute atomic E-state index is 13.1. The van der Waals surface area contributed by atoms with E-state index in [1.54, 1.807) is 37.3 Å². The molecule has 1 aliphatic rings. The van der Waals surface area contributed by atoms with Gasteiger partial charge in [0.2, 0.25) is 0 Å². The van der Waals surface area contributed by atoms with Crippen LogP contribution in [0.3, 0.4) is 0 Å². The van der Waals surface area contributed by atoms with E-state index in [0.717, 1.165) is 11.1 Å². The number of hydrogen-bond donors (Lipinski definition) is 2. The maximum atomic E-state index is 13.1. The van der Waals surface area contributed by atoms with Crippen LogP contribution in [0, 0.1) is 6.92 Å². The molecule has 7 nitrogen and oxygen atoms in total. The van der Waals surface area contributed by atoms with Crippen molar-refractivity contribution in [3.63, 3.8) is 0 Å². The fourth-order valence-corrected chi connectivity index (χ4v) is 3.64. The number of hydrogen-bond acceptors (Lipinski definition) is 5. The summed E-state index contributed by atoms with van der Waals surface area (Å²) >= 11 is 0. The lowest BCUT2D eigenvalue weighted by Crippen LogP contribution is -2.40. The summed E-state index contributed by atoms with van der Waals surface area (Å²) in [5.74, 6) is 0.688. The van der Waals surface area contributed by atoms with Gasteiger partial charge in [-0.25, -0.2) is 0 Å². The summed E-state index contributed by atoms with van der Waals surface area (Å²) in [5.41, 5.74) is 4.01. The van der Waals surface area contributed by atoms with Crippen molar-refractivity contribution in [2.45, 2.75) is 6.92 Å². The molecule has 0 saturated carbocycles. The van der Waals surface area contributed by atoms with Gasteiger partial charge in [-0.1, -0.05) is 18.2 Å². The standard InChI is InChI=1S/C22H23N3O4/c1-14-19(28-2)8-7-17(21(14)26)20-18(13-23-24-20)15-5-3-4-6-16(15)22(27)25-9-11-29-12-10-25/h3-8,13,26H,9-12H2,1-2H3,(H,23,24). The summed E-state index contributed by atoms with van der Waals surface area (Å²) in [6, 6.07) is 11.1. The number of rotatable bonds is 4. The molecule has 4 rings (SSSR count). The molecule has 0 radical (unpaired) electrons. The quantitative estimate of drug-likeness (QED) is 0.711. The number of aromatic amines is 1. The lowest BCUT2D eigenvalue weighted by Gasteiger charge is -2.27. The van der Waals surface area contributed by atoms with Crippen molar-refractivity contribution in [2.75, 3.05) is 33.4 Å². The van der Waals surface area contributed by atoms with E-state index < -0.39 is 0 Å². The molecule has 0 aliphatic carbocycles. The summed E-state index contributed by atoms with van der Waals surface area (Å²) < 4.78 is 10.6. The van der Waals surface area contributed by atoms with Gasteiger partial charge in [0.05, 0.1) is 32.2 Å². The number of benzene rings is 2. The van der Waals surface area contributed by atoms with Gasteiger partial charge in [-0.3, -0.25) is 9.89 Å². The molecular formula is C22H23N3O4. The lowest BCUT2D eigenvalue weighted by atomic mass is 9.95. The second-order valence-electron chi connectivity index (χ2n) is 6.90. The molecule has 29 heavy (non-hydrogen) atoms. The molecule has 1 amide bonds. The summed E-state index contributed by atoms with van der Waals surface area (Å²) in [6.07, 6.45) is 1.68. The Balaban J connectivity index is 1.79. The first-order valence-corrected chi connectivity index (χ1v) is 9.48. The minimum Gasteiger partial charge on any atom is -0.507 e. The molecule has 0 unspecified atom stereocenters. The number of aromatic nitrogens is 2. The highest BCUT2D eigenvalue weighted by molar-refractivity contribution is 6.02. The summed E-state index contributed by atoms with van der Waals surface area (Å²) in [7, 11) is 1.57. The average Bonchev–Trinajstić information content (AvgIpc) is 3.25. The summed E-state index contributed by atoms with van der Waals surface area (Å²) in [4.78, 5) is 14.9. The number of ether oxygens (including phenoxy) is 2. The molecular weight excluding hydrogens is 370 g/mol. The van der Waals surface area contributed by atoms with Gasteiger partial charge in [-0.15, -0.1) is 0 Å². The number of nitrogens with zero attached hydrogens (tertiary/aromatic N) is 2. The van der Waals surface area contributed by atoms with Gasteiger partial charge in [0.1, 0.15) is 11.5 Å². The highest BCUT2D eigenvalue weighted by Gasteiger charge is 2.24. The smallest absolute Gasteiger partial charge is 0.254 e. The Labute approximate surface area is 168 Å². The normalized spacial score (nSPS) is 14.1. The molecule has 2 N–H and O–H groups in total. The highest BCUT2D eigenvalue weighted by Crippen LogP contribution is 2.40.